The van der Waals surface area contributed by atoms with Crippen molar-refractivity contribution in [3.05, 3.63) is 101 Å². The van der Waals surface area contributed by atoms with E-state index in [4.69, 9.17) is 0 Å². The molecule has 1 aliphatic rings. The lowest BCUT2D eigenvalue weighted by atomic mass is 10.1. The highest BCUT2D eigenvalue weighted by atomic mass is 16.2. The maximum atomic E-state index is 12.7. The van der Waals surface area contributed by atoms with Gasteiger partial charge in [-0.1, -0.05) is 78.9 Å². The Labute approximate surface area is 141 Å². The second-order valence-electron chi connectivity index (χ2n) is 5.85. The molecule has 1 heterocycles. The van der Waals surface area contributed by atoms with E-state index >= 15 is 0 Å². The summed E-state index contributed by atoms with van der Waals surface area (Å²) < 4.78 is 0. The van der Waals surface area contributed by atoms with Gasteiger partial charge in [0.25, 0.3) is 5.91 Å². The van der Waals surface area contributed by atoms with Crippen molar-refractivity contribution in [3.8, 4) is 0 Å². The largest absolute Gasteiger partial charge is 0.303 e. The molecule has 0 atom stereocenters. The normalized spacial score (nSPS) is 13.5. The van der Waals surface area contributed by atoms with Crippen LogP contribution in [0.3, 0.4) is 0 Å². The first kappa shape index (κ1) is 14.5. The van der Waals surface area contributed by atoms with Gasteiger partial charge in [0.2, 0.25) is 0 Å². The molecule has 24 heavy (non-hydrogen) atoms. The lowest BCUT2D eigenvalue weighted by Gasteiger charge is -2.18. The number of anilines is 1. The van der Waals surface area contributed by atoms with Crippen LogP contribution in [0.1, 0.15) is 27.0 Å². The monoisotopic (exact) mass is 311 g/mol. The Kier molecular flexibility index (Phi) is 3.72. The Morgan fingerprint density at radius 1 is 0.750 bits per heavy atom. The molecule has 3 aromatic rings. The minimum Gasteiger partial charge on any atom is -0.303 e. The fourth-order valence-electron chi connectivity index (χ4n) is 3.07. The SMILES string of the molecule is O=C1c2ccccc2CN1c1ccccc1/C=C/c1ccccc1. The predicted molar refractivity (Wildman–Crippen MR) is 98.8 cm³/mol. The number of carbonyl (C=O) groups excluding carboxylic acids is 1. The summed E-state index contributed by atoms with van der Waals surface area (Å²) in [5, 5.41) is 0. The third-order valence-corrected chi connectivity index (χ3v) is 4.30. The lowest BCUT2D eigenvalue weighted by molar-refractivity contribution is 0.0996. The smallest absolute Gasteiger partial charge is 0.258 e. The van der Waals surface area contributed by atoms with Gasteiger partial charge in [-0.15, -0.1) is 0 Å². The van der Waals surface area contributed by atoms with Crippen LogP contribution in [0.2, 0.25) is 0 Å². The van der Waals surface area contributed by atoms with E-state index in [0.29, 0.717) is 6.54 Å². The number of amides is 1. The van der Waals surface area contributed by atoms with Crippen LogP contribution in [-0.2, 0) is 6.54 Å². The highest BCUT2D eigenvalue weighted by molar-refractivity contribution is 6.10. The van der Waals surface area contributed by atoms with E-state index in [2.05, 4.69) is 24.3 Å². The van der Waals surface area contributed by atoms with Crippen molar-refractivity contribution in [2.45, 2.75) is 6.54 Å². The van der Waals surface area contributed by atoms with Crippen LogP contribution in [-0.4, -0.2) is 5.91 Å². The standard InChI is InChI=1S/C22H17NO/c24-22-20-12-6-4-11-19(20)16-23(22)21-13-7-5-10-18(21)15-14-17-8-2-1-3-9-17/h1-15H,16H2/b15-14+. The number of hydrogen-bond acceptors (Lipinski definition) is 1. The van der Waals surface area contributed by atoms with Crippen LogP contribution in [0, 0.1) is 0 Å². The van der Waals surface area contributed by atoms with Gasteiger partial charge in [0.15, 0.2) is 0 Å². The van der Waals surface area contributed by atoms with E-state index in [0.717, 1.165) is 27.9 Å². The average Bonchev–Trinajstić information content (AvgIpc) is 2.98. The molecule has 0 aromatic heterocycles. The quantitative estimate of drug-likeness (QED) is 0.622. The number of carbonyl (C=O) groups is 1. The van der Waals surface area contributed by atoms with Gasteiger partial charge >= 0.3 is 0 Å². The molecule has 1 amide bonds. The van der Waals surface area contributed by atoms with Crippen molar-refractivity contribution in [1.82, 2.24) is 0 Å². The molecule has 1 aliphatic heterocycles. The van der Waals surface area contributed by atoms with Gasteiger partial charge in [-0.2, -0.15) is 0 Å². The Morgan fingerprint density at radius 3 is 2.29 bits per heavy atom. The van der Waals surface area contributed by atoms with Crippen molar-refractivity contribution in [1.29, 1.82) is 0 Å². The topological polar surface area (TPSA) is 20.3 Å². The summed E-state index contributed by atoms with van der Waals surface area (Å²) in [5.74, 6) is 0.0751. The zero-order valence-electron chi connectivity index (χ0n) is 13.2. The van der Waals surface area contributed by atoms with Crippen molar-refractivity contribution >= 4 is 23.7 Å². The van der Waals surface area contributed by atoms with Gasteiger partial charge in [0, 0.05) is 5.56 Å². The fraction of sp³-hybridized carbons (Fsp3) is 0.0455. The van der Waals surface area contributed by atoms with E-state index in [1.807, 2.05) is 71.6 Å². The summed E-state index contributed by atoms with van der Waals surface area (Å²) in [7, 11) is 0. The second-order valence-corrected chi connectivity index (χ2v) is 5.85. The zero-order valence-corrected chi connectivity index (χ0v) is 13.2. The van der Waals surface area contributed by atoms with Crippen LogP contribution < -0.4 is 4.90 Å². The minimum atomic E-state index is 0.0751. The van der Waals surface area contributed by atoms with Gasteiger partial charge in [0.1, 0.15) is 0 Å². The van der Waals surface area contributed by atoms with E-state index < -0.39 is 0 Å². The molecule has 2 nitrogen and oxygen atoms in total. The number of nitrogens with zero attached hydrogens (tertiary/aromatic N) is 1. The molecular weight excluding hydrogens is 294 g/mol. The first-order chi connectivity index (χ1) is 11.8. The number of hydrogen-bond donors (Lipinski definition) is 0. The summed E-state index contributed by atoms with van der Waals surface area (Å²) in [4.78, 5) is 14.6. The molecule has 0 radical (unpaired) electrons. The van der Waals surface area contributed by atoms with Crippen LogP contribution >= 0.6 is 0 Å². The van der Waals surface area contributed by atoms with Gasteiger partial charge in [-0.3, -0.25) is 4.79 Å². The summed E-state index contributed by atoms with van der Waals surface area (Å²) >= 11 is 0. The molecule has 116 valence electrons. The number of rotatable bonds is 3. The zero-order chi connectivity index (χ0) is 16.4. The summed E-state index contributed by atoms with van der Waals surface area (Å²) in [6, 6.07) is 26.0. The molecule has 0 saturated carbocycles. The Hall–Kier alpha value is -3.13. The van der Waals surface area contributed by atoms with Crippen LogP contribution in [0.4, 0.5) is 5.69 Å². The number of fused-ring (bicyclic) bond motifs is 1. The average molecular weight is 311 g/mol. The van der Waals surface area contributed by atoms with Gasteiger partial charge in [-0.05, 0) is 28.8 Å². The molecule has 3 aromatic carbocycles. The van der Waals surface area contributed by atoms with Crippen molar-refractivity contribution in [3.63, 3.8) is 0 Å². The first-order valence-electron chi connectivity index (χ1n) is 8.05. The number of benzene rings is 3. The fourth-order valence-corrected chi connectivity index (χ4v) is 3.07. The summed E-state index contributed by atoms with van der Waals surface area (Å²) in [6.45, 7) is 0.630. The first-order valence-corrected chi connectivity index (χ1v) is 8.05. The van der Waals surface area contributed by atoms with E-state index in [-0.39, 0.29) is 5.91 Å². The van der Waals surface area contributed by atoms with E-state index in [1.54, 1.807) is 0 Å². The highest BCUT2D eigenvalue weighted by Gasteiger charge is 2.28. The van der Waals surface area contributed by atoms with Gasteiger partial charge in [0.05, 0.1) is 12.2 Å². The molecule has 0 N–H and O–H groups in total. The Morgan fingerprint density at radius 2 is 1.46 bits per heavy atom. The third-order valence-electron chi connectivity index (χ3n) is 4.30. The van der Waals surface area contributed by atoms with E-state index in [9.17, 15) is 4.79 Å². The molecule has 0 bridgehead atoms. The van der Waals surface area contributed by atoms with Gasteiger partial charge < -0.3 is 4.90 Å². The van der Waals surface area contributed by atoms with Crippen LogP contribution in [0.5, 0.6) is 0 Å². The maximum Gasteiger partial charge on any atom is 0.258 e. The molecule has 0 spiro atoms. The lowest BCUT2D eigenvalue weighted by Crippen LogP contribution is -2.23. The molecule has 4 rings (SSSR count). The molecule has 2 heteroatoms. The van der Waals surface area contributed by atoms with Crippen LogP contribution in [0.15, 0.2) is 78.9 Å². The highest BCUT2D eigenvalue weighted by Crippen LogP contribution is 2.31. The molecule has 0 unspecified atom stereocenters. The third kappa shape index (κ3) is 2.63. The van der Waals surface area contributed by atoms with E-state index in [1.165, 1.54) is 0 Å². The molecule has 0 saturated heterocycles. The van der Waals surface area contributed by atoms with Crippen molar-refractivity contribution in [2.24, 2.45) is 0 Å². The second kappa shape index (κ2) is 6.17. The predicted octanol–water partition coefficient (Wildman–Crippen LogP) is 5.02. The Balaban J connectivity index is 1.68. The summed E-state index contributed by atoms with van der Waals surface area (Å²) in [6.07, 6.45) is 4.15. The maximum absolute atomic E-state index is 12.7. The Bertz CT molecular complexity index is 912. The minimum absolute atomic E-state index is 0.0751. The molecule has 0 fully saturated rings. The van der Waals surface area contributed by atoms with Crippen molar-refractivity contribution < 1.29 is 4.79 Å². The number of para-hydroxylation sites is 1. The summed E-state index contributed by atoms with van der Waals surface area (Å²) in [5.41, 5.74) is 5.03. The van der Waals surface area contributed by atoms with Gasteiger partial charge in [-0.25, -0.2) is 0 Å². The van der Waals surface area contributed by atoms with Crippen molar-refractivity contribution in [2.75, 3.05) is 4.90 Å². The molecular formula is C22H17NO. The molecule has 0 aliphatic carbocycles. The van der Waals surface area contributed by atoms with Crippen LogP contribution in [0.25, 0.3) is 12.2 Å².